The zero-order valence-electron chi connectivity index (χ0n) is 17.8. The molecule has 4 rings (SSSR count). The van der Waals surface area contributed by atoms with Gasteiger partial charge in [0.1, 0.15) is 5.75 Å². The Bertz CT molecular complexity index is 1050. The van der Waals surface area contributed by atoms with Crippen molar-refractivity contribution in [1.82, 2.24) is 29.6 Å². The average molecular weight is 425 g/mol. The molecule has 0 atom stereocenters. The van der Waals surface area contributed by atoms with E-state index in [4.69, 9.17) is 17.0 Å². The molecule has 158 valence electrons. The summed E-state index contributed by atoms with van der Waals surface area (Å²) in [6.45, 7) is 9.82. The summed E-state index contributed by atoms with van der Waals surface area (Å²) in [4.78, 5) is 4.85. The van der Waals surface area contributed by atoms with E-state index in [0.29, 0.717) is 11.4 Å². The number of methoxy groups -OCH3 is 1. The number of tetrazole rings is 1. The highest BCUT2D eigenvalue weighted by atomic mass is 32.1. The smallest absolute Gasteiger partial charge is 0.221 e. The molecule has 0 radical (unpaired) electrons. The highest BCUT2D eigenvalue weighted by molar-refractivity contribution is 7.71. The molecule has 2 aromatic carbocycles. The van der Waals surface area contributed by atoms with Gasteiger partial charge in [-0.05, 0) is 77.4 Å². The summed E-state index contributed by atoms with van der Waals surface area (Å²) in [6, 6.07) is 14.5. The Morgan fingerprint density at radius 2 is 1.60 bits per heavy atom. The fraction of sp³-hybridized carbons (Fsp3) is 0.409. The summed E-state index contributed by atoms with van der Waals surface area (Å²) >= 11 is 5.64. The summed E-state index contributed by atoms with van der Waals surface area (Å²) in [5.41, 5.74) is 4.74. The predicted molar refractivity (Wildman–Crippen MR) is 120 cm³/mol. The van der Waals surface area contributed by atoms with Crippen LogP contribution in [0.3, 0.4) is 0 Å². The summed E-state index contributed by atoms with van der Waals surface area (Å²) in [7, 11) is 1.70. The van der Waals surface area contributed by atoms with Crippen molar-refractivity contribution in [2.24, 2.45) is 0 Å². The lowest BCUT2D eigenvalue weighted by Crippen LogP contribution is -2.46. The highest BCUT2D eigenvalue weighted by Gasteiger charge is 2.18. The summed E-state index contributed by atoms with van der Waals surface area (Å²) in [5.74, 6) is 0.897. The van der Waals surface area contributed by atoms with Gasteiger partial charge in [0, 0.05) is 32.7 Å². The van der Waals surface area contributed by atoms with Crippen molar-refractivity contribution in [3.8, 4) is 11.4 Å². The predicted octanol–water partition coefficient (Wildman–Crippen LogP) is 3.20. The SMILES string of the molecule is COc1ccc(CN2CCN(Cn3nnn(-c4ccc(C)c(C)c4)c3=S)CC2)cc1. The van der Waals surface area contributed by atoms with Gasteiger partial charge in [-0.15, -0.1) is 0 Å². The van der Waals surface area contributed by atoms with E-state index in [1.54, 1.807) is 11.8 Å². The van der Waals surface area contributed by atoms with Crippen LogP contribution in [0.5, 0.6) is 5.75 Å². The number of ether oxygens (including phenoxy) is 1. The monoisotopic (exact) mass is 424 g/mol. The Balaban J connectivity index is 1.34. The quantitative estimate of drug-likeness (QED) is 0.567. The van der Waals surface area contributed by atoms with Crippen LogP contribution in [0.15, 0.2) is 42.5 Å². The molecule has 1 aliphatic rings. The Morgan fingerprint density at radius 3 is 2.27 bits per heavy atom. The van der Waals surface area contributed by atoms with E-state index in [1.165, 1.54) is 16.7 Å². The zero-order valence-corrected chi connectivity index (χ0v) is 18.6. The molecule has 0 N–H and O–H groups in total. The normalized spacial score (nSPS) is 15.4. The van der Waals surface area contributed by atoms with Gasteiger partial charge in [-0.3, -0.25) is 9.80 Å². The fourth-order valence-electron chi connectivity index (χ4n) is 3.65. The van der Waals surface area contributed by atoms with Crippen LogP contribution in [0.2, 0.25) is 0 Å². The molecule has 0 saturated carbocycles. The van der Waals surface area contributed by atoms with Crippen molar-refractivity contribution in [3.63, 3.8) is 0 Å². The molecule has 8 heteroatoms. The van der Waals surface area contributed by atoms with E-state index in [1.807, 2.05) is 22.9 Å². The summed E-state index contributed by atoms with van der Waals surface area (Å²) in [5, 5.41) is 8.59. The van der Waals surface area contributed by atoms with Crippen molar-refractivity contribution in [3.05, 3.63) is 63.9 Å². The van der Waals surface area contributed by atoms with Gasteiger partial charge in [0.25, 0.3) is 0 Å². The molecular weight excluding hydrogens is 396 g/mol. The van der Waals surface area contributed by atoms with E-state index in [2.05, 4.69) is 58.3 Å². The van der Waals surface area contributed by atoms with Crippen molar-refractivity contribution in [2.75, 3.05) is 33.3 Å². The molecule has 1 aromatic heterocycles. The maximum Gasteiger partial charge on any atom is 0.221 e. The summed E-state index contributed by atoms with van der Waals surface area (Å²) in [6.07, 6.45) is 0. The van der Waals surface area contributed by atoms with Crippen molar-refractivity contribution in [2.45, 2.75) is 27.1 Å². The van der Waals surface area contributed by atoms with E-state index >= 15 is 0 Å². The Labute approximate surface area is 182 Å². The van der Waals surface area contributed by atoms with Crippen LogP contribution in [0.1, 0.15) is 16.7 Å². The highest BCUT2D eigenvalue weighted by Crippen LogP contribution is 2.15. The lowest BCUT2D eigenvalue weighted by molar-refractivity contribution is 0.0975. The van der Waals surface area contributed by atoms with Gasteiger partial charge >= 0.3 is 0 Å². The molecule has 30 heavy (non-hydrogen) atoms. The minimum Gasteiger partial charge on any atom is -0.497 e. The third-order valence-electron chi connectivity index (χ3n) is 5.74. The topological polar surface area (TPSA) is 51.4 Å². The molecule has 0 spiro atoms. The first-order valence-corrected chi connectivity index (χ1v) is 10.6. The van der Waals surface area contributed by atoms with Gasteiger partial charge < -0.3 is 4.74 Å². The lowest BCUT2D eigenvalue weighted by atomic mass is 10.1. The molecule has 3 aromatic rings. The number of rotatable bonds is 6. The minimum absolute atomic E-state index is 0.624. The van der Waals surface area contributed by atoms with E-state index in [0.717, 1.165) is 44.2 Å². The first-order chi connectivity index (χ1) is 14.5. The van der Waals surface area contributed by atoms with Gasteiger partial charge in [0.05, 0.1) is 19.5 Å². The van der Waals surface area contributed by atoms with Crippen molar-refractivity contribution < 1.29 is 4.74 Å². The van der Waals surface area contributed by atoms with Gasteiger partial charge in [-0.1, -0.05) is 18.2 Å². The van der Waals surface area contributed by atoms with Crippen LogP contribution in [0.25, 0.3) is 5.69 Å². The Kier molecular flexibility index (Phi) is 6.26. The number of hydrogen-bond acceptors (Lipinski definition) is 6. The summed E-state index contributed by atoms with van der Waals surface area (Å²) < 4.78 is 9.41. The number of benzene rings is 2. The second-order valence-electron chi connectivity index (χ2n) is 7.83. The molecule has 1 fully saturated rings. The third-order valence-corrected chi connectivity index (χ3v) is 6.12. The molecule has 2 heterocycles. The van der Waals surface area contributed by atoms with E-state index < -0.39 is 0 Å². The van der Waals surface area contributed by atoms with Crippen molar-refractivity contribution >= 4 is 12.2 Å². The molecule has 0 bridgehead atoms. The number of hydrogen-bond donors (Lipinski definition) is 0. The standard InChI is InChI=1S/C22H28N6OS/c1-17-4-7-20(14-18(17)2)28-22(30)27(23-24-28)16-26-12-10-25(11-13-26)15-19-5-8-21(29-3)9-6-19/h4-9,14H,10-13,15-16H2,1-3H3. The van der Waals surface area contributed by atoms with Gasteiger partial charge in [-0.25, -0.2) is 4.68 Å². The Hall–Kier alpha value is -2.55. The fourth-order valence-corrected chi connectivity index (χ4v) is 3.89. The van der Waals surface area contributed by atoms with Crippen LogP contribution < -0.4 is 4.74 Å². The van der Waals surface area contributed by atoms with Gasteiger partial charge in [-0.2, -0.15) is 4.68 Å². The molecule has 7 nitrogen and oxygen atoms in total. The maximum absolute atomic E-state index is 5.64. The molecule has 0 unspecified atom stereocenters. The number of aromatic nitrogens is 4. The van der Waals surface area contributed by atoms with Crippen LogP contribution in [0.4, 0.5) is 0 Å². The van der Waals surface area contributed by atoms with Crippen LogP contribution in [0, 0.1) is 18.6 Å². The zero-order chi connectivity index (χ0) is 21.1. The average Bonchev–Trinajstić information content (AvgIpc) is 3.12. The molecular formula is C22H28N6OS. The first-order valence-electron chi connectivity index (χ1n) is 10.2. The van der Waals surface area contributed by atoms with E-state index in [9.17, 15) is 0 Å². The minimum atomic E-state index is 0.624. The molecule has 0 aliphatic carbocycles. The number of piperazine rings is 1. The third kappa shape index (κ3) is 4.61. The van der Waals surface area contributed by atoms with Crippen LogP contribution in [-0.2, 0) is 13.2 Å². The molecule has 1 saturated heterocycles. The molecule has 1 aliphatic heterocycles. The number of aryl methyl sites for hydroxylation is 2. The van der Waals surface area contributed by atoms with Crippen molar-refractivity contribution in [1.29, 1.82) is 0 Å². The number of nitrogens with zero attached hydrogens (tertiary/aromatic N) is 6. The van der Waals surface area contributed by atoms with Crippen LogP contribution >= 0.6 is 12.2 Å². The largest absolute Gasteiger partial charge is 0.497 e. The second-order valence-corrected chi connectivity index (χ2v) is 8.19. The van der Waals surface area contributed by atoms with Crippen LogP contribution in [-0.4, -0.2) is 62.9 Å². The second kappa shape index (κ2) is 9.07. The maximum atomic E-state index is 5.64. The van der Waals surface area contributed by atoms with Gasteiger partial charge in [0.15, 0.2) is 0 Å². The Morgan fingerprint density at radius 1 is 0.900 bits per heavy atom. The lowest BCUT2D eigenvalue weighted by Gasteiger charge is -2.34. The first kappa shape index (κ1) is 20.7. The van der Waals surface area contributed by atoms with Gasteiger partial charge in [0.2, 0.25) is 4.77 Å². The molecule has 0 amide bonds. The van der Waals surface area contributed by atoms with E-state index in [-0.39, 0.29) is 0 Å².